The van der Waals surface area contributed by atoms with Crippen LogP contribution in [0.15, 0.2) is 35.1 Å². The maximum Gasteiger partial charge on any atom is 0.259 e. The SMILES string of the molecule is Cc1cc(=O)c(C(=O)N2CCN(C3CCc4ccccc4C3)CC2)c(CC2CCCC2)n1C. The van der Waals surface area contributed by atoms with Gasteiger partial charge in [-0.1, -0.05) is 49.9 Å². The Hall–Kier alpha value is -2.40. The van der Waals surface area contributed by atoms with Gasteiger partial charge in [-0.25, -0.2) is 0 Å². The minimum absolute atomic E-state index is 0.0581. The third-order valence-electron chi connectivity index (χ3n) is 8.42. The van der Waals surface area contributed by atoms with Crippen LogP contribution < -0.4 is 5.43 Å². The Kier molecular flexibility index (Phi) is 6.42. The summed E-state index contributed by atoms with van der Waals surface area (Å²) in [6.07, 6.45) is 9.23. The van der Waals surface area contributed by atoms with Crippen molar-refractivity contribution in [3.8, 4) is 0 Å². The van der Waals surface area contributed by atoms with Gasteiger partial charge in [0.1, 0.15) is 5.56 Å². The van der Waals surface area contributed by atoms with Crippen LogP contribution in [0.4, 0.5) is 0 Å². The molecule has 1 unspecified atom stereocenters. The summed E-state index contributed by atoms with van der Waals surface area (Å²) in [5.41, 5.74) is 5.18. The van der Waals surface area contributed by atoms with E-state index in [1.807, 2.05) is 18.9 Å². The molecule has 5 nitrogen and oxygen atoms in total. The van der Waals surface area contributed by atoms with E-state index in [-0.39, 0.29) is 11.3 Å². The summed E-state index contributed by atoms with van der Waals surface area (Å²) in [7, 11) is 2.01. The number of pyridine rings is 1. The summed E-state index contributed by atoms with van der Waals surface area (Å²) in [5.74, 6) is 0.534. The molecule has 1 aliphatic heterocycles. The molecule has 0 N–H and O–H groups in total. The Labute approximate surface area is 197 Å². The van der Waals surface area contributed by atoms with Crippen LogP contribution in [0.2, 0.25) is 0 Å². The summed E-state index contributed by atoms with van der Waals surface area (Å²) in [4.78, 5) is 31.1. The van der Waals surface area contributed by atoms with Crippen molar-refractivity contribution in [3.05, 3.63) is 68.6 Å². The number of piperazine rings is 1. The average Bonchev–Trinajstić information content (AvgIpc) is 3.35. The summed E-state index contributed by atoms with van der Waals surface area (Å²) in [6.45, 7) is 5.16. The molecule has 2 heterocycles. The highest BCUT2D eigenvalue weighted by molar-refractivity contribution is 5.95. The van der Waals surface area contributed by atoms with Crippen molar-refractivity contribution < 1.29 is 4.79 Å². The van der Waals surface area contributed by atoms with Crippen LogP contribution in [0.1, 0.15) is 65.0 Å². The Morgan fingerprint density at radius 2 is 1.70 bits per heavy atom. The van der Waals surface area contributed by atoms with E-state index in [1.165, 1.54) is 43.2 Å². The lowest BCUT2D eigenvalue weighted by Crippen LogP contribution is -2.53. The molecule has 1 saturated carbocycles. The van der Waals surface area contributed by atoms with Crippen molar-refractivity contribution in [3.63, 3.8) is 0 Å². The molecular formula is C28H37N3O2. The van der Waals surface area contributed by atoms with Gasteiger partial charge < -0.3 is 9.47 Å². The highest BCUT2D eigenvalue weighted by atomic mass is 16.2. The first-order valence-corrected chi connectivity index (χ1v) is 12.8. The standard InChI is InChI=1S/C28H37N3O2/c1-20-17-26(32)27(25(29(20)2)18-21-7-3-4-8-21)28(33)31-15-13-30(14-16-31)24-12-11-22-9-5-6-10-23(22)19-24/h5-6,9-10,17,21,24H,3-4,7-8,11-16,18-19H2,1-2H3. The summed E-state index contributed by atoms with van der Waals surface area (Å²) in [5, 5.41) is 0. The Balaban J connectivity index is 1.29. The van der Waals surface area contributed by atoms with Crippen LogP contribution in [-0.4, -0.2) is 52.5 Å². The molecule has 0 bridgehead atoms. The molecule has 1 amide bonds. The molecule has 1 aromatic carbocycles. The first-order valence-electron chi connectivity index (χ1n) is 12.8. The number of hydrogen-bond acceptors (Lipinski definition) is 3. The van der Waals surface area contributed by atoms with E-state index in [4.69, 9.17) is 0 Å². The van der Waals surface area contributed by atoms with Crippen LogP contribution in [-0.2, 0) is 26.3 Å². The van der Waals surface area contributed by atoms with Crippen molar-refractivity contribution in [2.24, 2.45) is 13.0 Å². The summed E-state index contributed by atoms with van der Waals surface area (Å²) in [6, 6.07) is 11.0. The van der Waals surface area contributed by atoms with Gasteiger partial charge in [0, 0.05) is 56.7 Å². The largest absolute Gasteiger partial charge is 0.351 e. The first kappa shape index (κ1) is 22.4. The predicted molar refractivity (Wildman–Crippen MR) is 132 cm³/mol. The van der Waals surface area contributed by atoms with E-state index in [1.54, 1.807) is 6.07 Å². The van der Waals surface area contributed by atoms with Crippen LogP contribution in [0.5, 0.6) is 0 Å². The number of rotatable bonds is 4. The van der Waals surface area contributed by atoms with E-state index >= 15 is 0 Å². The molecule has 176 valence electrons. The number of fused-ring (bicyclic) bond motifs is 1. The third-order valence-corrected chi connectivity index (χ3v) is 8.42. The second-order valence-electron chi connectivity index (χ2n) is 10.4. The number of carbonyl (C=O) groups excluding carboxylic acids is 1. The molecule has 2 aromatic rings. The number of carbonyl (C=O) groups is 1. The summed E-state index contributed by atoms with van der Waals surface area (Å²) >= 11 is 0. The minimum Gasteiger partial charge on any atom is -0.351 e. The summed E-state index contributed by atoms with van der Waals surface area (Å²) < 4.78 is 2.09. The zero-order valence-electron chi connectivity index (χ0n) is 20.2. The van der Waals surface area contributed by atoms with E-state index in [9.17, 15) is 9.59 Å². The highest BCUT2D eigenvalue weighted by Gasteiger charge is 2.31. The van der Waals surface area contributed by atoms with Crippen LogP contribution in [0.3, 0.4) is 0 Å². The van der Waals surface area contributed by atoms with Crippen LogP contribution in [0.25, 0.3) is 0 Å². The fourth-order valence-corrected chi connectivity index (χ4v) is 6.28. The first-order chi connectivity index (χ1) is 16.0. The molecule has 1 aromatic heterocycles. The number of aromatic nitrogens is 1. The molecular weight excluding hydrogens is 410 g/mol. The van der Waals surface area contributed by atoms with Gasteiger partial charge in [-0.05, 0) is 49.7 Å². The molecule has 0 radical (unpaired) electrons. The van der Waals surface area contributed by atoms with E-state index in [0.29, 0.717) is 30.6 Å². The minimum atomic E-state index is -0.102. The molecule has 33 heavy (non-hydrogen) atoms. The van der Waals surface area contributed by atoms with Crippen molar-refractivity contribution in [1.82, 2.24) is 14.4 Å². The lowest BCUT2D eigenvalue weighted by atomic mass is 9.87. The molecule has 5 heteroatoms. The molecule has 1 saturated heterocycles. The maximum atomic E-state index is 13.6. The third kappa shape index (κ3) is 4.52. The van der Waals surface area contributed by atoms with Crippen LogP contribution in [0, 0.1) is 12.8 Å². The molecule has 0 spiro atoms. The second-order valence-corrected chi connectivity index (χ2v) is 10.4. The van der Waals surface area contributed by atoms with E-state index in [0.717, 1.165) is 43.7 Å². The smallest absolute Gasteiger partial charge is 0.259 e. The lowest BCUT2D eigenvalue weighted by molar-refractivity contribution is 0.0549. The van der Waals surface area contributed by atoms with E-state index < -0.39 is 0 Å². The molecule has 2 fully saturated rings. The number of nitrogens with zero attached hydrogens (tertiary/aromatic N) is 3. The van der Waals surface area contributed by atoms with Gasteiger partial charge in [-0.3, -0.25) is 14.5 Å². The molecule has 1 atom stereocenters. The average molecular weight is 448 g/mol. The van der Waals surface area contributed by atoms with Gasteiger partial charge in [0.05, 0.1) is 0 Å². The van der Waals surface area contributed by atoms with Gasteiger partial charge >= 0.3 is 0 Å². The van der Waals surface area contributed by atoms with Gasteiger partial charge in [-0.15, -0.1) is 0 Å². The number of amides is 1. The Bertz CT molecular complexity index is 1080. The van der Waals surface area contributed by atoms with Crippen molar-refractivity contribution in [1.29, 1.82) is 0 Å². The second kappa shape index (κ2) is 9.46. The lowest BCUT2D eigenvalue weighted by Gasteiger charge is -2.41. The zero-order valence-corrected chi connectivity index (χ0v) is 20.2. The van der Waals surface area contributed by atoms with Crippen molar-refractivity contribution in [2.45, 2.75) is 64.3 Å². The molecule has 5 rings (SSSR count). The Morgan fingerprint density at radius 1 is 1.00 bits per heavy atom. The normalized spacial score (nSPS) is 21.9. The quantitative estimate of drug-likeness (QED) is 0.717. The number of aryl methyl sites for hydroxylation is 2. The van der Waals surface area contributed by atoms with Gasteiger partial charge in [0.25, 0.3) is 5.91 Å². The fraction of sp³-hybridized carbons (Fsp3) is 0.571. The topological polar surface area (TPSA) is 45.6 Å². The van der Waals surface area contributed by atoms with Gasteiger partial charge in [0.15, 0.2) is 5.43 Å². The predicted octanol–water partition coefficient (Wildman–Crippen LogP) is 3.74. The fourth-order valence-electron chi connectivity index (χ4n) is 6.28. The zero-order chi connectivity index (χ0) is 22.9. The monoisotopic (exact) mass is 447 g/mol. The van der Waals surface area contributed by atoms with Gasteiger partial charge in [-0.2, -0.15) is 0 Å². The van der Waals surface area contributed by atoms with E-state index in [2.05, 4.69) is 33.7 Å². The maximum absolute atomic E-state index is 13.6. The highest BCUT2D eigenvalue weighted by Crippen LogP contribution is 2.29. The molecule has 3 aliphatic rings. The van der Waals surface area contributed by atoms with Crippen LogP contribution >= 0.6 is 0 Å². The number of hydrogen-bond donors (Lipinski definition) is 0. The van der Waals surface area contributed by atoms with Gasteiger partial charge in [0.2, 0.25) is 0 Å². The molecule has 2 aliphatic carbocycles. The van der Waals surface area contributed by atoms with Crippen molar-refractivity contribution >= 4 is 5.91 Å². The number of benzene rings is 1. The Morgan fingerprint density at radius 3 is 2.42 bits per heavy atom. The van der Waals surface area contributed by atoms with Crippen molar-refractivity contribution in [2.75, 3.05) is 26.2 Å².